The highest BCUT2D eigenvalue weighted by atomic mass is 31.2. The van der Waals surface area contributed by atoms with Crippen molar-refractivity contribution in [2.45, 2.75) is 0 Å². The standard InChI is InChI=1S/C3H9N2O6P/c6-3(7)1-5(4-8)2-12(9,10)11/h4,8H,1-2H2,(H,6,7)(H2,9,10,11). The molecule has 0 saturated carbocycles. The van der Waals surface area contributed by atoms with E-state index in [-0.39, 0.29) is 0 Å². The average molecular weight is 200 g/mol. The molecule has 5 N–H and O–H groups in total. The summed E-state index contributed by atoms with van der Waals surface area (Å²) in [6.45, 7) is -0.707. The van der Waals surface area contributed by atoms with Gasteiger partial charge in [-0.05, 0) is 0 Å². The molecule has 0 saturated heterocycles. The summed E-state index contributed by atoms with van der Waals surface area (Å²) in [5.74, 6) is -1.31. The maximum Gasteiger partial charge on any atom is 0.340 e. The number of aliphatic carboxylic acids is 1. The van der Waals surface area contributed by atoms with Gasteiger partial charge in [0.25, 0.3) is 0 Å². The fourth-order valence-electron chi connectivity index (χ4n) is 0.503. The number of nitrogens with zero attached hydrogens (tertiary/aromatic N) is 1. The first-order valence-corrected chi connectivity index (χ1v) is 4.56. The van der Waals surface area contributed by atoms with Gasteiger partial charge in [0.2, 0.25) is 0 Å². The molecule has 9 heteroatoms. The van der Waals surface area contributed by atoms with Crippen LogP contribution in [0.5, 0.6) is 0 Å². The van der Waals surface area contributed by atoms with E-state index in [9.17, 15) is 9.36 Å². The Morgan fingerprint density at radius 2 is 2.00 bits per heavy atom. The van der Waals surface area contributed by atoms with Gasteiger partial charge in [-0.15, -0.1) is 5.59 Å². The zero-order valence-electron chi connectivity index (χ0n) is 5.91. The van der Waals surface area contributed by atoms with Crippen LogP contribution in [0.25, 0.3) is 0 Å². The van der Waals surface area contributed by atoms with Gasteiger partial charge in [-0.1, -0.05) is 0 Å². The Morgan fingerprint density at radius 3 is 2.25 bits per heavy atom. The first-order valence-electron chi connectivity index (χ1n) is 2.76. The van der Waals surface area contributed by atoms with Crippen molar-refractivity contribution in [2.24, 2.45) is 0 Å². The fourth-order valence-corrected chi connectivity index (χ4v) is 1.11. The number of carbonyl (C=O) groups is 1. The predicted molar refractivity (Wildman–Crippen MR) is 36.2 cm³/mol. The van der Waals surface area contributed by atoms with Crippen LogP contribution in [0.15, 0.2) is 0 Å². The molecule has 0 amide bonds. The van der Waals surface area contributed by atoms with Gasteiger partial charge < -0.3 is 20.1 Å². The minimum atomic E-state index is -4.35. The second-order valence-corrected chi connectivity index (χ2v) is 3.61. The molecule has 0 aliphatic heterocycles. The molecule has 0 fully saturated rings. The van der Waals surface area contributed by atoms with E-state index in [1.807, 2.05) is 0 Å². The van der Waals surface area contributed by atoms with Crippen LogP contribution in [0, 0.1) is 0 Å². The maximum atomic E-state index is 10.3. The van der Waals surface area contributed by atoms with Crippen molar-refractivity contribution >= 4 is 13.6 Å². The molecular formula is C3H9N2O6P. The van der Waals surface area contributed by atoms with Crippen LogP contribution < -0.4 is 5.59 Å². The second-order valence-electron chi connectivity index (χ2n) is 2.00. The highest BCUT2D eigenvalue weighted by Gasteiger charge is 2.20. The van der Waals surface area contributed by atoms with Crippen molar-refractivity contribution in [3.63, 3.8) is 0 Å². The Hall–Kier alpha value is -0.500. The predicted octanol–water partition coefficient (Wildman–Crippen LogP) is -1.60. The summed E-state index contributed by atoms with van der Waals surface area (Å²) in [7, 11) is -4.35. The van der Waals surface area contributed by atoms with Crippen molar-refractivity contribution in [3.05, 3.63) is 0 Å². The summed E-state index contributed by atoms with van der Waals surface area (Å²) in [5.41, 5.74) is 1.35. The van der Waals surface area contributed by atoms with Crippen LogP contribution in [-0.4, -0.2) is 43.9 Å². The van der Waals surface area contributed by atoms with E-state index in [2.05, 4.69) is 0 Å². The van der Waals surface area contributed by atoms with Gasteiger partial charge >= 0.3 is 13.6 Å². The molecule has 0 aromatic rings. The van der Waals surface area contributed by atoms with E-state index < -0.39 is 26.4 Å². The topological polar surface area (TPSA) is 130 Å². The summed E-state index contributed by atoms with van der Waals surface area (Å²) in [5, 5.41) is 16.8. The Bertz CT molecular complexity index is 201. The highest BCUT2D eigenvalue weighted by Crippen LogP contribution is 2.34. The van der Waals surface area contributed by atoms with E-state index in [0.717, 1.165) is 0 Å². The van der Waals surface area contributed by atoms with Crippen molar-refractivity contribution in [2.75, 3.05) is 12.8 Å². The zero-order valence-corrected chi connectivity index (χ0v) is 6.81. The molecule has 0 atom stereocenters. The molecule has 0 rings (SSSR count). The van der Waals surface area contributed by atoms with Gasteiger partial charge in [-0.3, -0.25) is 9.36 Å². The van der Waals surface area contributed by atoms with Crippen LogP contribution in [0.3, 0.4) is 0 Å². The summed E-state index contributed by atoms with van der Waals surface area (Å²) < 4.78 is 10.3. The fraction of sp³-hybridized carbons (Fsp3) is 0.667. The van der Waals surface area contributed by atoms with Gasteiger partial charge in [-0.2, -0.15) is 5.01 Å². The molecule has 0 aliphatic carbocycles. The van der Waals surface area contributed by atoms with Crippen LogP contribution in [0.4, 0.5) is 0 Å². The molecule has 8 nitrogen and oxygen atoms in total. The van der Waals surface area contributed by atoms with Crippen molar-refractivity contribution in [1.82, 2.24) is 10.6 Å². The molecule has 0 aromatic carbocycles. The van der Waals surface area contributed by atoms with E-state index >= 15 is 0 Å². The molecule has 0 aromatic heterocycles. The zero-order chi connectivity index (χ0) is 9.78. The summed E-state index contributed by atoms with van der Waals surface area (Å²) >= 11 is 0. The number of hydrazine groups is 1. The molecule has 0 spiro atoms. The number of hydrogen-bond acceptors (Lipinski definition) is 5. The van der Waals surface area contributed by atoms with Crippen molar-refractivity contribution in [1.29, 1.82) is 0 Å². The lowest BCUT2D eigenvalue weighted by molar-refractivity contribution is -0.142. The lowest BCUT2D eigenvalue weighted by Crippen LogP contribution is -2.40. The van der Waals surface area contributed by atoms with Gasteiger partial charge in [-0.25, -0.2) is 0 Å². The third-order valence-corrected chi connectivity index (χ3v) is 1.53. The maximum absolute atomic E-state index is 10.3. The summed E-state index contributed by atoms with van der Waals surface area (Å²) in [6.07, 6.45) is -0.865. The van der Waals surface area contributed by atoms with Gasteiger partial charge in [0.05, 0.1) is 0 Å². The Labute approximate surface area is 67.5 Å². The molecule has 0 radical (unpaired) electrons. The quantitative estimate of drug-likeness (QED) is 0.265. The monoisotopic (exact) mass is 200 g/mol. The lowest BCUT2D eigenvalue weighted by atomic mass is 10.6. The number of hydrogen-bond donors (Lipinski definition) is 5. The lowest BCUT2D eigenvalue weighted by Gasteiger charge is -2.17. The average Bonchev–Trinajstić information content (AvgIpc) is 1.82. The first kappa shape index (κ1) is 11.5. The van der Waals surface area contributed by atoms with Crippen molar-refractivity contribution < 1.29 is 29.5 Å². The number of carboxylic acid groups (broad SMARTS) is 1. The van der Waals surface area contributed by atoms with Gasteiger partial charge in [0, 0.05) is 0 Å². The molecule has 0 aliphatic rings. The van der Waals surface area contributed by atoms with Crippen LogP contribution in [-0.2, 0) is 9.36 Å². The van der Waals surface area contributed by atoms with E-state index in [1.54, 1.807) is 0 Å². The molecule has 12 heavy (non-hydrogen) atoms. The summed E-state index contributed by atoms with van der Waals surface area (Å²) in [6, 6.07) is 0. The first-order chi connectivity index (χ1) is 5.35. The van der Waals surface area contributed by atoms with Crippen LogP contribution in [0.1, 0.15) is 0 Å². The molecule has 0 heterocycles. The third-order valence-electron chi connectivity index (χ3n) is 0.822. The third kappa shape index (κ3) is 6.23. The van der Waals surface area contributed by atoms with Crippen molar-refractivity contribution in [3.8, 4) is 0 Å². The van der Waals surface area contributed by atoms with E-state index in [0.29, 0.717) is 5.01 Å². The van der Waals surface area contributed by atoms with E-state index in [4.69, 9.17) is 20.1 Å². The number of nitrogens with one attached hydrogen (secondary N) is 1. The largest absolute Gasteiger partial charge is 0.480 e. The minimum Gasteiger partial charge on any atom is -0.480 e. The summed E-state index contributed by atoms with van der Waals surface area (Å²) in [4.78, 5) is 26.7. The van der Waals surface area contributed by atoms with Gasteiger partial charge in [0.15, 0.2) is 0 Å². The number of rotatable bonds is 5. The van der Waals surface area contributed by atoms with Crippen LogP contribution in [0.2, 0.25) is 0 Å². The molecular weight excluding hydrogens is 191 g/mol. The van der Waals surface area contributed by atoms with Crippen LogP contribution >= 0.6 is 7.60 Å². The Morgan fingerprint density at radius 1 is 1.50 bits per heavy atom. The minimum absolute atomic E-state index is 0.475. The van der Waals surface area contributed by atoms with Gasteiger partial charge in [0.1, 0.15) is 12.8 Å². The normalized spacial score (nSPS) is 12.0. The smallest absolute Gasteiger partial charge is 0.340 e. The van der Waals surface area contributed by atoms with E-state index in [1.165, 1.54) is 5.59 Å². The Kier molecular flexibility index (Phi) is 4.32. The Balaban J connectivity index is 4.00. The SMILES string of the molecule is O=C(O)CN(CP(=O)(O)O)NO. The molecule has 0 unspecified atom stereocenters. The second kappa shape index (κ2) is 4.51. The number of carboxylic acids is 1. The highest BCUT2D eigenvalue weighted by molar-refractivity contribution is 7.51. The molecule has 72 valence electrons. The molecule has 0 bridgehead atoms.